The Bertz CT molecular complexity index is 412. The van der Waals surface area contributed by atoms with Crippen molar-refractivity contribution >= 4 is 12.2 Å². The van der Waals surface area contributed by atoms with Crippen LogP contribution in [0.5, 0.6) is 0 Å². The highest BCUT2D eigenvalue weighted by Gasteiger charge is 2.25. The van der Waals surface area contributed by atoms with Crippen LogP contribution in [0.3, 0.4) is 0 Å². The average Bonchev–Trinajstić information content (AvgIpc) is 2.55. The second-order valence-corrected chi connectivity index (χ2v) is 6.25. The third kappa shape index (κ3) is 3.19. The summed E-state index contributed by atoms with van der Waals surface area (Å²) in [5.74, 6) is 0.485. The summed E-state index contributed by atoms with van der Waals surface area (Å²) in [6.45, 7) is 11.7. The molecule has 1 heterocycles. The van der Waals surface area contributed by atoms with Crippen LogP contribution in [0, 0.1) is 10.7 Å². The molecule has 0 aliphatic carbocycles. The Hall–Kier alpha value is -0.610. The molecule has 0 radical (unpaired) electrons. The summed E-state index contributed by atoms with van der Waals surface area (Å²) in [7, 11) is 1.74. The van der Waals surface area contributed by atoms with Crippen LogP contribution in [-0.4, -0.2) is 23.3 Å². The lowest BCUT2D eigenvalue weighted by Gasteiger charge is -2.28. The van der Waals surface area contributed by atoms with E-state index in [0.29, 0.717) is 12.5 Å². The summed E-state index contributed by atoms with van der Waals surface area (Å²) >= 11 is 5.40. The van der Waals surface area contributed by atoms with Crippen LogP contribution >= 0.6 is 12.2 Å². The highest BCUT2D eigenvalue weighted by molar-refractivity contribution is 7.71. The highest BCUT2D eigenvalue weighted by atomic mass is 32.1. The largest absolute Gasteiger partial charge is 0.383 e. The van der Waals surface area contributed by atoms with E-state index >= 15 is 0 Å². The Morgan fingerprint density at radius 3 is 2.41 bits per heavy atom. The minimum Gasteiger partial charge on any atom is -0.383 e. The third-order valence-electron chi connectivity index (χ3n) is 3.02. The molecule has 1 rings (SSSR count). The minimum atomic E-state index is 0.0778. The molecular weight excluding hydrogens is 232 g/mol. The summed E-state index contributed by atoms with van der Waals surface area (Å²) < 4.78 is 8.33. The van der Waals surface area contributed by atoms with Gasteiger partial charge in [-0.15, -0.1) is 0 Å². The van der Waals surface area contributed by atoms with E-state index in [0.717, 1.165) is 4.77 Å². The number of rotatable bonds is 4. The van der Waals surface area contributed by atoms with Gasteiger partial charge in [-0.1, -0.05) is 34.6 Å². The molecule has 3 nitrogen and oxygen atoms in total. The SMILES string of the molecule is COCC(C(C)C)n1c(C(C)(C)C)c[nH]c1=S. The van der Waals surface area contributed by atoms with E-state index in [1.54, 1.807) is 7.11 Å². The summed E-state index contributed by atoms with van der Waals surface area (Å²) in [4.78, 5) is 3.16. The van der Waals surface area contributed by atoms with E-state index in [-0.39, 0.29) is 11.5 Å². The fraction of sp³-hybridized carbons (Fsp3) is 0.769. The van der Waals surface area contributed by atoms with Gasteiger partial charge in [-0.2, -0.15) is 0 Å². The molecule has 0 aliphatic rings. The first-order chi connectivity index (χ1) is 7.79. The number of hydrogen-bond acceptors (Lipinski definition) is 2. The van der Waals surface area contributed by atoms with Gasteiger partial charge in [-0.05, 0) is 18.1 Å². The zero-order chi connectivity index (χ0) is 13.2. The number of nitrogens with one attached hydrogen (secondary N) is 1. The molecule has 0 aliphatic heterocycles. The maximum atomic E-state index is 5.40. The maximum Gasteiger partial charge on any atom is 0.177 e. The molecule has 0 saturated heterocycles. The van der Waals surface area contributed by atoms with Crippen molar-refractivity contribution in [2.45, 2.75) is 46.1 Å². The zero-order valence-electron chi connectivity index (χ0n) is 11.7. The number of ether oxygens (including phenoxy) is 1. The van der Waals surface area contributed by atoms with Gasteiger partial charge >= 0.3 is 0 Å². The molecule has 1 atom stereocenters. The van der Waals surface area contributed by atoms with Crippen molar-refractivity contribution in [1.29, 1.82) is 0 Å². The molecule has 1 N–H and O–H groups in total. The molecule has 0 saturated carbocycles. The van der Waals surface area contributed by atoms with E-state index in [2.05, 4.69) is 44.2 Å². The lowest BCUT2D eigenvalue weighted by Crippen LogP contribution is -2.26. The number of hydrogen-bond donors (Lipinski definition) is 1. The van der Waals surface area contributed by atoms with Crippen LogP contribution in [0.1, 0.15) is 46.4 Å². The highest BCUT2D eigenvalue weighted by Crippen LogP contribution is 2.28. The van der Waals surface area contributed by atoms with Crippen molar-refractivity contribution in [2.75, 3.05) is 13.7 Å². The standard InChI is InChI=1S/C13H24N2OS/c1-9(2)10(8-16-6)15-11(13(3,4)5)7-14-12(15)17/h7,9-10H,8H2,1-6H3,(H,14,17). The Labute approximate surface area is 109 Å². The fourth-order valence-corrected chi connectivity index (χ4v) is 2.31. The van der Waals surface area contributed by atoms with E-state index < -0.39 is 0 Å². The van der Waals surface area contributed by atoms with E-state index in [1.165, 1.54) is 5.69 Å². The van der Waals surface area contributed by atoms with Gasteiger partial charge in [0.15, 0.2) is 4.77 Å². The molecular formula is C13H24N2OS. The average molecular weight is 256 g/mol. The first-order valence-corrected chi connectivity index (χ1v) is 6.49. The molecule has 4 heteroatoms. The molecule has 0 fully saturated rings. The molecule has 0 aromatic carbocycles. The van der Waals surface area contributed by atoms with Gasteiger partial charge in [0, 0.05) is 24.4 Å². The number of aromatic nitrogens is 2. The molecule has 1 unspecified atom stereocenters. The molecule has 1 aromatic rings. The van der Waals surface area contributed by atoms with Crippen molar-refractivity contribution in [2.24, 2.45) is 5.92 Å². The minimum absolute atomic E-state index is 0.0778. The maximum absolute atomic E-state index is 5.40. The summed E-state index contributed by atoms with van der Waals surface area (Å²) in [6, 6.07) is 0.285. The van der Waals surface area contributed by atoms with Gasteiger partial charge in [-0.3, -0.25) is 0 Å². The van der Waals surface area contributed by atoms with Crippen molar-refractivity contribution in [3.63, 3.8) is 0 Å². The Kier molecular flexibility index (Phi) is 4.55. The van der Waals surface area contributed by atoms with Crippen LogP contribution < -0.4 is 0 Å². The number of nitrogens with zero attached hydrogens (tertiary/aromatic N) is 1. The predicted octanol–water partition coefficient (Wildman–Crippen LogP) is 3.69. The molecule has 0 spiro atoms. The van der Waals surface area contributed by atoms with Crippen LogP contribution in [0.4, 0.5) is 0 Å². The molecule has 0 bridgehead atoms. The number of methoxy groups -OCH3 is 1. The zero-order valence-corrected chi connectivity index (χ0v) is 12.5. The Morgan fingerprint density at radius 2 is 2.00 bits per heavy atom. The number of H-pyrrole nitrogens is 1. The van der Waals surface area contributed by atoms with Gasteiger partial charge in [-0.25, -0.2) is 0 Å². The van der Waals surface area contributed by atoms with Crippen LogP contribution in [0.2, 0.25) is 0 Å². The second kappa shape index (κ2) is 5.36. The first-order valence-electron chi connectivity index (χ1n) is 6.08. The molecule has 1 aromatic heterocycles. The smallest absolute Gasteiger partial charge is 0.177 e. The summed E-state index contributed by atoms with van der Waals surface area (Å²) in [5.41, 5.74) is 1.31. The van der Waals surface area contributed by atoms with Crippen molar-refractivity contribution in [1.82, 2.24) is 9.55 Å². The van der Waals surface area contributed by atoms with Crippen LogP contribution in [0.25, 0.3) is 0 Å². The predicted molar refractivity (Wildman–Crippen MR) is 74.1 cm³/mol. The van der Waals surface area contributed by atoms with E-state index in [4.69, 9.17) is 17.0 Å². The van der Waals surface area contributed by atoms with Crippen LogP contribution in [0.15, 0.2) is 6.20 Å². The van der Waals surface area contributed by atoms with Crippen LogP contribution in [-0.2, 0) is 10.2 Å². The Balaban J connectivity index is 3.27. The van der Waals surface area contributed by atoms with Crippen molar-refractivity contribution < 1.29 is 4.74 Å². The third-order valence-corrected chi connectivity index (χ3v) is 3.33. The summed E-state index contributed by atoms with van der Waals surface area (Å²) in [6.07, 6.45) is 2.02. The fourth-order valence-electron chi connectivity index (χ4n) is 2.02. The van der Waals surface area contributed by atoms with Crippen molar-refractivity contribution in [3.05, 3.63) is 16.7 Å². The monoisotopic (exact) mass is 256 g/mol. The summed E-state index contributed by atoms with van der Waals surface area (Å²) in [5, 5.41) is 0. The number of aromatic amines is 1. The van der Waals surface area contributed by atoms with Gasteiger partial charge in [0.1, 0.15) is 0 Å². The molecule has 0 amide bonds. The van der Waals surface area contributed by atoms with E-state index in [1.807, 2.05) is 6.20 Å². The molecule has 17 heavy (non-hydrogen) atoms. The topological polar surface area (TPSA) is 29.9 Å². The Morgan fingerprint density at radius 1 is 1.41 bits per heavy atom. The van der Waals surface area contributed by atoms with Gasteiger partial charge in [0.2, 0.25) is 0 Å². The number of imidazole rings is 1. The normalized spacial score (nSPS) is 14.3. The lowest BCUT2D eigenvalue weighted by molar-refractivity contribution is 0.129. The van der Waals surface area contributed by atoms with Crippen molar-refractivity contribution in [3.8, 4) is 0 Å². The van der Waals surface area contributed by atoms with Gasteiger partial charge in [0.05, 0.1) is 12.6 Å². The van der Waals surface area contributed by atoms with Gasteiger partial charge in [0.25, 0.3) is 0 Å². The second-order valence-electron chi connectivity index (χ2n) is 5.87. The van der Waals surface area contributed by atoms with Gasteiger partial charge < -0.3 is 14.3 Å². The quantitative estimate of drug-likeness (QED) is 0.833. The molecule has 98 valence electrons. The lowest BCUT2D eigenvalue weighted by atomic mass is 9.91. The van der Waals surface area contributed by atoms with E-state index in [9.17, 15) is 0 Å². The first kappa shape index (κ1) is 14.5.